The lowest BCUT2D eigenvalue weighted by Crippen LogP contribution is -2.28. The minimum absolute atomic E-state index is 0.867. The molecular formula is C26H32F3N3O2. The lowest BCUT2D eigenvalue weighted by molar-refractivity contribution is -0.192. The fourth-order valence-electron chi connectivity index (χ4n) is 4.55. The standard InChI is InChI=1S/C24H31N3.C2HF3O2/c1-6-12-27(15-19-10-11-19)24-21-9-7-8-20(23(21)25-26(24)5)22-17(3)13-16(2)14-18(22)4;3-2(4,5)1(6)7/h7-9,13-14,19H,6,10-12,15H2,1-5H3;(H,6,7). The molecule has 5 nitrogen and oxygen atoms in total. The Morgan fingerprint density at radius 1 is 1.18 bits per heavy atom. The number of nitrogens with zero attached hydrogens (tertiary/aromatic N) is 3. The number of anilines is 1. The molecule has 0 atom stereocenters. The second kappa shape index (κ2) is 10.1. The van der Waals surface area contributed by atoms with E-state index in [1.54, 1.807) is 0 Å². The molecule has 184 valence electrons. The van der Waals surface area contributed by atoms with Crippen molar-refractivity contribution >= 4 is 22.7 Å². The quantitative estimate of drug-likeness (QED) is 0.447. The van der Waals surface area contributed by atoms with Crippen LogP contribution in [0.3, 0.4) is 0 Å². The number of halogens is 3. The van der Waals surface area contributed by atoms with Gasteiger partial charge in [0.1, 0.15) is 11.3 Å². The first kappa shape index (κ1) is 25.6. The van der Waals surface area contributed by atoms with Gasteiger partial charge in [0.15, 0.2) is 0 Å². The second-order valence-electron chi connectivity index (χ2n) is 9.11. The average Bonchev–Trinajstić information content (AvgIpc) is 3.47. The molecule has 0 aliphatic heterocycles. The van der Waals surface area contributed by atoms with Gasteiger partial charge >= 0.3 is 12.1 Å². The number of hydrogen-bond acceptors (Lipinski definition) is 3. The molecule has 1 aliphatic carbocycles. The predicted octanol–water partition coefficient (Wildman–Crippen LogP) is 6.43. The van der Waals surface area contributed by atoms with Crippen LogP contribution >= 0.6 is 0 Å². The number of rotatable bonds is 6. The predicted molar refractivity (Wildman–Crippen MR) is 129 cm³/mol. The van der Waals surface area contributed by atoms with Crippen LogP contribution in [0.25, 0.3) is 22.0 Å². The van der Waals surface area contributed by atoms with E-state index in [0.717, 1.165) is 30.9 Å². The van der Waals surface area contributed by atoms with Crippen LogP contribution in [0.1, 0.15) is 42.9 Å². The number of aryl methyl sites for hydroxylation is 4. The molecule has 1 aromatic heterocycles. The summed E-state index contributed by atoms with van der Waals surface area (Å²) in [6.07, 6.45) is -1.17. The van der Waals surface area contributed by atoms with Gasteiger partial charge in [-0.1, -0.05) is 36.8 Å². The number of carbonyl (C=O) groups is 1. The number of carboxylic acids is 1. The largest absolute Gasteiger partial charge is 0.490 e. The Kier molecular flexibility index (Phi) is 7.58. The highest BCUT2D eigenvalue weighted by atomic mass is 19.4. The van der Waals surface area contributed by atoms with Crippen LogP contribution in [0.4, 0.5) is 19.0 Å². The number of benzene rings is 2. The number of aliphatic carboxylic acids is 1. The lowest BCUT2D eigenvalue weighted by Gasteiger charge is -2.24. The lowest BCUT2D eigenvalue weighted by atomic mass is 9.92. The molecule has 8 heteroatoms. The average molecular weight is 476 g/mol. The van der Waals surface area contributed by atoms with Gasteiger partial charge in [0, 0.05) is 31.1 Å². The third-order valence-electron chi connectivity index (χ3n) is 5.99. The van der Waals surface area contributed by atoms with Gasteiger partial charge in [-0.25, -0.2) is 4.79 Å². The van der Waals surface area contributed by atoms with Crippen molar-refractivity contribution in [3.05, 3.63) is 47.0 Å². The molecule has 1 N–H and O–H groups in total. The molecular weight excluding hydrogens is 443 g/mol. The number of carboxylic acid groups (broad SMARTS) is 1. The van der Waals surface area contributed by atoms with E-state index < -0.39 is 12.1 Å². The molecule has 1 fully saturated rings. The van der Waals surface area contributed by atoms with Crippen LogP contribution in [0.5, 0.6) is 0 Å². The van der Waals surface area contributed by atoms with Crippen LogP contribution in [-0.2, 0) is 11.8 Å². The van der Waals surface area contributed by atoms with Crippen molar-refractivity contribution in [2.75, 3.05) is 18.0 Å². The Bertz CT molecular complexity index is 1160. The summed E-state index contributed by atoms with van der Waals surface area (Å²) in [6.45, 7) is 11.1. The molecule has 0 radical (unpaired) electrons. The van der Waals surface area contributed by atoms with Crippen molar-refractivity contribution in [2.45, 2.75) is 53.1 Å². The topological polar surface area (TPSA) is 58.4 Å². The van der Waals surface area contributed by atoms with E-state index in [1.165, 1.54) is 51.9 Å². The molecule has 2 aromatic carbocycles. The van der Waals surface area contributed by atoms with Crippen molar-refractivity contribution in [3.63, 3.8) is 0 Å². The fraction of sp³-hybridized carbons (Fsp3) is 0.462. The summed E-state index contributed by atoms with van der Waals surface area (Å²) < 4.78 is 33.8. The molecule has 1 saturated carbocycles. The van der Waals surface area contributed by atoms with Gasteiger partial charge in [0.25, 0.3) is 0 Å². The highest BCUT2D eigenvalue weighted by Crippen LogP contribution is 2.38. The number of aromatic nitrogens is 2. The molecule has 0 saturated heterocycles. The van der Waals surface area contributed by atoms with Crippen LogP contribution in [0, 0.1) is 26.7 Å². The highest BCUT2D eigenvalue weighted by molar-refractivity contribution is 6.01. The van der Waals surface area contributed by atoms with Gasteiger partial charge < -0.3 is 10.0 Å². The maximum Gasteiger partial charge on any atom is 0.490 e. The van der Waals surface area contributed by atoms with Crippen molar-refractivity contribution in [1.29, 1.82) is 0 Å². The molecule has 3 aromatic rings. The summed E-state index contributed by atoms with van der Waals surface area (Å²) in [4.78, 5) is 11.5. The monoisotopic (exact) mass is 475 g/mol. The molecule has 0 bridgehead atoms. The highest BCUT2D eigenvalue weighted by Gasteiger charge is 2.38. The van der Waals surface area contributed by atoms with Crippen LogP contribution in [-0.4, -0.2) is 40.1 Å². The van der Waals surface area contributed by atoms with E-state index in [2.05, 4.69) is 74.7 Å². The SMILES string of the molecule is CCCN(CC1CC1)c1c2cccc(-c3c(C)cc(C)cc3C)c2nn1C.O=C(O)C(F)(F)F. The summed E-state index contributed by atoms with van der Waals surface area (Å²) in [7, 11) is 2.10. The first-order chi connectivity index (χ1) is 15.9. The number of hydrogen-bond donors (Lipinski definition) is 1. The van der Waals surface area contributed by atoms with E-state index in [4.69, 9.17) is 15.0 Å². The van der Waals surface area contributed by atoms with Crippen molar-refractivity contribution in [2.24, 2.45) is 13.0 Å². The third kappa shape index (κ3) is 5.72. The van der Waals surface area contributed by atoms with Gasteiger partial charge in [-0.3, -0.25) is 4.68 Å². The van der Waals surface area contributed by atoms with E-state index in [1.807, 2.05) is 0 Å². The number of fused-ring (bicyclic) bond motifs is 1. The van der Waals surface area contributed by atoms with Crippen LogP contribution in [0.15, 0.2) is 30.3 Å². The molecule has 0 spiro atoms. The van der Waals surface area contributed by atoms with Gasteiger partial charge in [0.2, 0.25) is 0 Å². The second-order valence-corrected chi connectivity index (χ2v) is 9.11. The van der Waals surface area contributed by atoms with Crippen molar-refractivity contribution < 1.29 is 23.1 Å². The summed E-state index contributed by atoms with van der Waals surface area (Å²) in [6, 6.07) is 11.2. The van der Waals surface area contributed by atoms with E-state index in [-0.39, 0.29) is 0 Å². The van der Waals surface area contributed by atoms with Crippen LogP contribution in [0.2, 0.25) is 0 Å². The minimum Gasteiger partial charge on any atom is -0.475 e. The molecule has 4 rings (SSSR count). The van der Waals surface area contributed by atoms with Crippen LogP contribution < -0.4 is 4.90 Å². The Labute approximate surface area is 198 Å². The number of alkyl halides is 3. The Balaban J connectivity index is 0.000000406. The Morgan fingerprint density at radius 3 is 2.26 bits per heavy atom. The zero-order chi connectivity index (χ0) is 25.2. The van der Waals surface area contributed by atoms with Gasteiger partial charge in [-0.05, 0) is 68.7 Å². The van der Waals surface area contributed by atoms with Gasteiger partial charge in [-0.2, -0.15) is 18.3 Å². The third-order valence-corrected chi connectivity index (χ3v) is 5.99. The molecule has 1 aliphatic rings. The van der Waals surface area contributed by atoms with E-state index >= 15 is 0 Å². The first-order valence-electron chi connectivity index (χ1n) is 11.5. The van der Waals surface area contributed by atoms with Gasteiger partial charge in [-0.15, -0.1) is 0 Å². The minimum atomic E-state index is -5.08. The smallest absolute Gasteiger partial charge is 0.475 e. The normalized spacial score (nSPS) is 13.5. The molecule has 34 heavy (non-hydrogen) atoms. The zero-order valence-electron chi connectivity index (χ0n) is 20.3. The van der Waals surface area contributed by atoms with E-state index in [0.29, 0.717) is 0 Å². The fourth-order valence-corrected chi connectivity index (χ4v) is 4.55. The maximum atomic E-state index is 10.6. The summed E-state index contributed by atoms with van der Waals surface area (Å²) in [5.74, 6) is -0.609. The van der Waals surface area contributed by atoms with Crippen molar-refractivity contribution in [1.82, 2.24) is 9.78 Å². The summed E-state index contributed by atoms with van der Waals surface area (Å²) in [5, 5.41) is 13.4. The first-order valence-corrected chi connectivity index (χ1v) is 11.5. The molecule has 0 unspecified atom stereocenters. The summed E-state index contributed by atoms with van der Waals surface area (Å²) >= 11 is 0. The van der Waals surface area contributed by atoms with Crippen molar-refractivity contribution in [3.8, 4) is 11.1 Å². The van der Waals surface area contributed by atoms with Gasteiger partial charge in [0.05, 0.1) is 0 Å². The van der Waals surface area contributed by atoms with E-state index in [9.17, 15) is 13.2 Å². The molecule has 1 heterocycles. The molecule has 0 amide bonds. The zero-order valence-corrected chi connectivity index (χ0v) is 20.3. The Morgan fingerprint density at radius 2 is 1.76 bits per heavy atom. The summed E-state index contributed by atoms with van der Waals surface area (Å²) in [5.41, 5.74) is 7.70. The Hall–Kier alpha value is -3.03. The maximum absolute atomic E-state index is 10.6.